The van der Waals surface area contributed by atoms with Crippen LogP contribution in [0.25, 0.3) is 5.69 Å². The lowest BCUT2D eigenvalue weighted by molar-refractivity contribution is -0.140. The van der Waals surface area contributed by atoms with Crippen molar-refractivity contribution in [2.45, 2.75) is 52.5 Å². The molecule has 2 aliphatic rings. The molecule has 0 aliphatic carbocycles. The Labute approximate surface area is 218 Å². The second-order valence-electron chi connectivity index (χ2n) is 10.4. The molecule has 2 fully saturated rings. The van der Waals surface area contributed by atoms with Crippen LogP contribution in [0.4, 0.5) is 4.39 Å². The highest BCUT2D eigenvalue weighted by atomic mass is 19.1. The van der Waals surface area contributed by atoms with E-state index >= 15 is 0 Å². The topological polar surface area (TPSA) is 92.6 Å². The Hall–Kier alpha value is -2.85. The van der Waals surface area contributed by atoms with Crippen LogP contribution in [0.15, 0.2) is 24.3 Å². The third-order valence-electron chi connectivity index (χ3n) is 7.08. The third kappa shape index (κ3) is 6.35. The highest BCUT2D eigenvalue weighted by Gasteiger charge is 2.37. The Bertz CT molecular complexity index is 1070. The predicted octanol–water partition coefficient (Wildman–Crippen LogP) is 2.68. The molecule has 0 radical (unpaired) electrons. The molecule has 0 saturated carbocycles. The number of rotatable bonds is 9. The van der Waals surface area contributed by atoms with Crippen molar-refractivity contribution in [3.8, 4) is 5.69 Å². The number of hydrogen-bond acceptors (Lipinski definition) is 6. The van der Waals surface area contributed by atoms with Crippen LogP contribution in [-0.2, 0) is 16.0 Å². The van der Waals surface area contributed by atoms with Crippen molar-refractivity contribution in [3.63, 3.8) is 0 Å². The molecule has 1 N–H and O–H groups in total. The first-order valence-corrected chi connectivity index (χ1v) is 13.5. The fraction of sp³-hybridized carbons (Fsp3) is 0.630. The summed E-state index contributed by atoms with van der Waals surface area (Å²) in [5.74, 6) is -0.489. The maximum absolute atomic E-state index is 14.6. The number of carbonyl (C=O) groups is 2. The highest BCUT2D eigenvalue weighted by Crippen LogP contribution is 2.24. The molecule has 4 rings (SSSR count). The molecule has 2 atom stereocenters. The minimum atomic E-state index is -0.413. The Morgan fingerprint density at radius 1 is 1.22 bits per heavy atom. The lowest BCUT2D eigenvalue weighted by atomic mass is 9.92. The number of carbonyl (C=O) groups excluding carboxylic acids is 2. The number of halogens is 1. The Kier molecular flexibility index (Phi) is 9.26. The van der Waals surface area contributed by atoms with Gasteiger partial charge in [-0.1, -0.05) is 44.5 Å². The summed E-state index contributed by atoms with van der Waals surface area (Å²) in [5.41, 5.74) is 1.17. The molecule has 1 aromatic carbocycles. The number of piperidine rings is 1. The normalized spacial score (nSPS) is 20.3. The van der Waals surface area contributed by atoms with Gasteiger partial charge in [0.25, 0.3) is 5.91 Å². The van der Waals surface area contributed by atoms with Gasteiger partial charge in [0.15, 0.2) is 5.69 Å². The zero-order valence-corrected chi connectivity index (χ0v) is 22.2. The van der Waals surface area contributed by atoms with E-state index in [4.69, 9.17) is 4.74 Å². The smallest absolute Gasteiger partial charge is 0.276 e. The van der Waals surface area contributed by atoms with Gasteiger partial charge in [-0.25, -0.2) is 9.07 Å². The van der Waals surface area contributed by atoms with E-state index < -0.39 is 5.82 Å². The molecule has 2 saturated heterocycles. The molecule has 0 unspecified atom stereocenters. The Balaban J connectivity index is 1.61. The summed E-state index contributed by atoms with van der Waals surface area (Å²) in [4.78, 5) is 31.0. The summed E-state index contributed by atoms with van der Waals surface area (Å²) in [5, 5.41) is 11.9. The van der Waals surface area contributed by atoms with Gasteiger partial charge >= 0.3 is 0 Å². The van der Waals surface area contributed by atoms with Crippen molar-refractivity contribution >= 4 is 11.8 Å². The number of benzene rings is 1. The standard InChI is InChI=1S/C27H39FN6O3/c1-4-5-9-24-25(30-31-34(24)23-10-7-6-8-22(23)28)27(36)33(18-19(2)3)21-15-20(16-29-17-21)26(35)32-11-13-37-14-12-32/h6-8,10,19-21,29H,4-5,9,11-18H2,1-3H3/t20-,21+/m1/s1. The first kappa shape index (κ1) is 27.2. The molecule has 10 heteroatoms. The van der Waals surface area contributed by atoms with Crippen LogP contribution >= 0.6 is 0 Å². The van der Waals surface area contributed by atoms with Crippen LogP contribution in [0.3, 0.4) is 0 Å². The van der Waals surface area contributed by atoms with Crippen LogP contribution < -0.4 is 5.32 Å². The van der Waals surface area contributed by atoms with E-state index in [2.05, 4.69) is 36.4 Å². The predicted molar refractivity (Wildman–Crippen MR) is 138 cm³/mol. The van der Waals surface area contributed by atoms with E-state index in [1.165, 1.54) is 10.7 Å². The third-order valence-corrected chi connectivity index (χ3v) is 7.08. The molecular formula is C27H39FN6O3. The molecule has 2 amide bonds. The number of nitrogens with zero attached hydrogens (tertiary/aromatic N) is 5. The maximum atomic E-state index is 14.6. The molecule has 9 nitrogen and oxygen atoms in total. The van der Waals surface area contributed by atoms with Crippen LogP contribution in [0.2, 0.25) is 0 Å². The zero-order chi connectivity index (χ0) is 26.4. The minimum Gasteiger partial charge on any atom is -0.378 e. The molecule has 2 aromatic rings. The number of amides is 2. The van der Waals surface area contributed by atoms with Gasteiger partial charge in [0.1, 0.15) is 11.5 Å². The monoisotopic (exact) mass is 514 g/mol. The Morgan fingerprint density at radius 2 is 1.97 bits per heavy atom. The number of ether oxygens (including phenoxy) is 1. The largest absolute Gasteiger partial charge is 0.378 e. The van der Waals surface area contributed by atoms with Gasteiger partial charge in [-0.05, 0) is 37.3 Å². The van der Waals surface area contributed by atoms with Gasteiger partial charge < -0.3 is 19.9 Å². The molecule has 1 aromatic heterocycles. The minimum absolute atomic E-state index is 0.117. The van der Waals surface area contributed by atoms with Gasteiger partial charge in [-0.2, -0.15) is 0 Å². The van der Waals surface area contributed by atoms with Crippen molar-refractivity contribution in [1.82, 2.24) is 30.1 Å². The van der Waals surface area contributed by atoms with Crippen molar-refractivity contribution in [2.24, 2.45) is 11.8 Å². The van der Waals surface area contributed by atoms with Crippen LogP contribution in [-0.4, -0.2) is 88.6 Å². The molecule has 0 spiro atoms. The molecular weight excluding hydrogens is 475 g/mol. The van der Waals surface area contributed by atoms with E-state index in [1.54, 1.807) is 18.2 Å². The van der Waals surface area contributed by atoms with Crippen LogP contribution in [0, 0.1) is 17.7 Å². The first-order chi connectivity index (χ1) is 17.9. The van der Waals surface area contributed by atoms with Crippen molar-refractivity contribution < 1.29 is 18.7 Å². The van der Waals surface area contributed by atoms with Crippen LogP contribution in [0.5, 0.6) is 0 Å². The van der Waals surface area contributed by atoms with Gasteiger partial charge in [-0.3, -0.25) is 9.59 Å². The first-order valence-electron chi connectivity index (χ1n) is 13.5. The van der Waals surface area contributed by atoms with E-state index in [9.17, 15) is 14.0 Å². The number of unbranched alkanes of at least 4 members (excludes halogenated alkanes) is 1. The van der Waals surface area contributed by atoms with E-state index in [1.807, 2.05) is 9.80 Å². The summed E-state index contributed by atoms with van der Waals surface area (Å²) >= 11 is 0. The van der Waals surface area contributed by atoms with E-state index in [0.29, 0.717) is 64.5 Å². The molecule has 3 heterocycles. The van der Waals surface area contributed by atoms with Crippen LogP contribution in [0.1, 0.15) is 56.2 Å². The number of nitrogens with one attached hydrogen (secondary N) is 1. The van der Waals surface area contributed by atoms with Crippen molar-refractivity contribution in [3.05, 3.63) is 41.5 Å². The second kappa shape index (κ2) is 12.6. The Morgan fingerprint density at radius 3 is 2.68 bits per heavy atom. The average molecular weight is 515 g/mol. The molecule has 0 bridgehead atoms. The summed E-state index contributed by atoms with van der Waals surface area (Å²) in [6, 6.07) is 6.24. The molecule has 37 heavy (non-hydrogen) atoms. The fourth-order valence-corrected chi connectivity index (χ4v) is 5.17. The highest BCUT2D eigenvalue weighted by molar-refractivity contribution is 5.94. The van der Waals surface area contributed by atoms with Gasteiger partial charge in [-0.15, -0.1) is 5.10 Å². The lowest BCUT2D eigenvalue weighted by Crippen LogP contribution is -2.56. The maximum Gasteiger partial charge on any atom is 0.276 e. The van der Waals surface area contributed by atoms with Gasteiger partial charge in [0.2, 0.25) is 5.91 Å². The van der Waals surface area contributed by atoms with E-state index in [0.717, 1.165) is 12.8 Å². The van der Waals surface area contributed by atoms with Gasteiger partial charge in [0, 0.05) is 38.8 Å². The van der Waals surface area contributed by atoms with Gasteiger partial charge in [0.05, 0.1) is 24.8 Å². The SMILES string of the molecule is CCCCc1c(C(=O)N(CC(C)C)[C@@H]2CNC[C@H](C(=O)N3CCOCC3)C2)nnn1-c1ccccc1F. The second-order valence-corrected chi connectivity index (χ2v) is 10.4. The summed E-state index contributed by atoms with van der Waals surface area (Å²) < 4.78 is 21.5. The summed E-state index contributed by atoms with van der Waals surface area (Å²) in [6.45, 7) is 10.3. The molecule has 2 aliphatic heterocycles. The fourth-order valence-electron chi connectivity index (χ4n) is 5.17. The molecule has 202 valence electrons. The summed E-state index contributed by atoms with van der Waals surface area (Å²) in [6.07, 6.45) is 2.90. The number of morpholine rings is 1. The van der Waals surface area contributed by atoms with E-state index in [-0.39, 0.29) is 41.1 Å². The average Bonchev–Trinajstić information content (AvgIpc) is 3.34. The quantitative estimate of drug-likeness (QED) is 0.553. The van der Waals surface area contributed by atoms with Crippen molar-refractivity contribution in [2.75, 3.05) is 45.9 Å². The lowest BCUT2D eigenvalue weighted by Gasteiger charge is -2.40. The summed E-state index contributed by atoms with van der Waals surface area (Å²) in [7, 11) is 0. The number of para-hydroxylation sites is 1. The zero-order valence-electron chi connectivity index (χ0n) is 22.2. The number of hydrogen-bond donors (Lipinski definition) is 1. The number of aromatic nitrogens is 3. The van der Waals surface area contributed by atoms with Crippen molar-refractivity contribution in [1.29, 1.82) is 0 Å².